The van der Waals surface area contributed by atoms with Crippen molar-refractivity contribution in [2.75, 3.05) is 0 Å². The third kappa shape index (κ3) is 2.47. The first-order valence-corrected chi connectivity index (χ1v) is 3.40. The molecule has 0 amide bonds. The van der Waals surface area contributed by atoms with Gasteiger partial charge in [0.15, 0.2) is 17.4 Å². The third-order valence-corrected chi connectivity index (χ3v) is 1.61. The Morgan fingerprint density at radius 2 is 1.77 bits per heavy atom. The minimum atomic E-state index is 0. The van der Waals surface area contributed by atoms with Crippen LogP contribution < -0.4 is 0 Å². The van der Waals surface area contributed by atoms with Crippen molar-refractivity contribution >= 4 is 28.3 Å². The van der Waals surface area contributed by atoms with Crippen molar-refractivity contribution in [3.8, 4) is 5.75 Å². The Labute approximate surface area is 97.9 Å². The van der Waals surface area contributed by atoms with Gasteiger partial charge in [0.25, 0.3) is 0 Å². The zero-order valence-corrected chi connectivity index (χ0v) is 7.54. The number of hydrogen-bond acceptors (Lipinski definition) is 2. The van der Waals surface area contributed by atoms with Crippen LogP contribution >= 0.6 is 0 Å². The Balaban J connectivity index is 0.000000720. The number of rotatable bonds is 0. The van der Waals surface area contributed by atoms with E-state index in [1.54, 1.807) is 18.3 Å². The van der Waals surface area contributed by atoms with E-state index in [9.17, 15) is 5.11 Å². The van der Waals surface area contributed by atoms with Gasteiger partial charge >= 0.3 is 0 Å². The first-order chi connectivity index (χ1) is 5.38. The Hall–Kier alpha value is -0.505. The van der Waals surface area contributed by atoms with Gasteiger partial charge in [0, 0.05) is 28.9 Å². The molecule has 0 saturated heterocycles. The third-order valence-electron chi connectivity index (χ3n) is 1.61. The summed E-state index contributed by atoms with van der Waals surface area (Å²) in [5.41, 5.74) is 0.662. The van der Waals surface area contributed by atoms with E-state index in [1.165, 1.54) is 0 Å². The average Bonchev–Trinajstić information content (AvgIpc) is 2.06. The zero-order valence-electron chi connectivity index (χ0n) is 6.27. The molecule has 4 heteroatoms. The van der Waals surface area contributed by atoms with Crippen LogP contribution in [0.5, 0.6) is 5.75 Å². The number of para-hydroxylation sites is 1. The van der Waals surface area contributed by atoms with Gasteiger partial charge in [-0.1, -0.05) is 18.2 Å². The van der Waals surface area contributed by atoms with Crippen LogP contribution in [0, 0.1) is 0 Å². The fourth-order valence-electron chi connectivity index (χ4n) is 1.09. The van der Waals surface area contributed by atoms with Crippen molar-refractivity contribution in [3.05, 3.63) is 36.5 Å². The summed E-state index contributed by atoms with van der Waals surface area (Å²) in [6.45, 7) is 0. The van der Waals surface area contributed by atoms with Crippen LogP contribution in [0.3, 0.4) is 0 Å². The quantitative estimate of drug-likeness (QED) is 0.674. The molecule has 0 fully saturated rings. The number of phenolic OH excluding ortho intramolecular Hbond substituents is 1. The zero-order chi connectivity index (χ0) is 7.68. The van der Waals surface area contributed by atoms with E-state index in [0.717, 1.165) is 5.39 Å². The molecule has 0 radical (unpaired) electrons. The Bertz CT molecular complexity index is 389. The van der Waals surface area contributed by atoms with Gasteiger partial charge < -0.3 is 5.11 Å². The first kappa shape index (κ1) is 12.5. The Morgan fingerprint density at radius 3 is 2.46 bits per heavy atom. The second-order valence-corrected chi connectivity index (χ2v) is 2.35. The van der Waals surface area contributed by atoms with E-state index >= 15 is 0 Å². The molecule has 0 aliphatic heterocycles. The molecule has 0 atom stereocenters. The maximum atomic E-state index is 9.31. The second-order valence-electron chi connectivity index (χ2n) is 2.35. The summed E-state index contributed by atoms with van der Waals surface area (Å²) in [5.74, 6) is 0.239. The summed E-state index contributed by atoms with van der Waals surface area (Å²) >= 11 is 0. The van der Waals surface area contributed by atoms with Gasteiger partial charge in [0.1, 0.15) is 11.3 Å². The van der Waals surface area contributed by atoms with E-state index in [2.05, 4.69) is 4.98 Å². The molecule has 1 aromatic heterocycles. The summed E-state index contributed by atoms with van der Waals surface area (Å²) in [4.78, 5) is 4.03. The number of benzene rings is 1. The molecule has 0 aliphatic rings. The topological polar surface area (TPSA) is 33.1 Å². The number of phenols is 1. The molecule has 0 aliphatic carbocycles. The maximum absolute atomic E-state index is 9.31. The van der Waals surface area contributed by atoms with Crippen LogP contribution in [0.1, 0.15) is 0 Å². The van der Waals surface area contributed by atoms with E-state index in [-0.39, 0.29) is 40.5 Å². The first-order valence-electron chi connectivity index (χ1n) is 3.40. The molecule has 0 spiro atoms. The minimum Gasteiger partial charge on any atom is -0.506 e. The summed E-state index contributed by atoms with van der Waals surface area (Å²) in [6, 6.07) is 9.13. The van der Waals surface area contributed by atoms with Crippen LogP contribution in [0.15, 0.2) is 36.5 Å². The summed E-state index contributed by atoms with van der Waals surface area (Å²) in [7, 11) is 0. The van der Waals surface area contributed by atoms with Gasteiger partial charge in [-0.15, -0.1) is 0 Å². The van der Waals surface area contributed by atoms with Crippen LogP contribution in [0.2, 0.25) is 0 Å². The number of aromatic nitrogens is 1. The van der Waals surface area contributed by atoms with Gasteiger partial charge in [-0.05, 0) is 12.1 Å². The molecule has 2 rings (SSSR count). The summed E-state index contributed by atoms with van der Waals surface area (Å²) in [5, 5.41) is 10.3. The van der Waals surface area contributed by atoms with Crippen molar-refractivity contribution in [1.82, 2.24) is 4.98 Å². The molecule has 2 aromatic rings. The average molecular weight is 227 g/mol. The SMILES string of the molecule is Oc1cccc2cccnc12.[AlH3].[Cr]. The number of hydrogen-bond donors (Lipinski definition) is 1. The fraction of sp³-hybridized carbons (Fsp3) is 0. The molecule has 13 heavy (non-hydrogen) atoms. The second kappa shape index (κ2) is 5.27. The van der Waals surface area contributed by atoms with Crippen molar-refractivity contribution in [1.29, 1.82) is 0 Å². The smallest absolute Gasteiger partial charge is 0.187 e. The standard InChI is InChI=1S/C9H7NO.Al.Cr.3H/c11-8-5-1-3-7-4-2-6-10-9(7)8;;;;;/h1-6,11H;;;;;. The molecule has 0 saturated carbocycles. The molecule has 0 bridgehead atoms. The number of aromatic hydroxyl groups is 1. The van der Waals surface area contributed by atoms with Crippen molar-refractivity contribution in [2.24, 2.45) is 0 Å². The number of nitrogens with zero attached hydrogens (tertiary/aromatic N) is 1. The predicted octanol–water partition coefficient (Wildman–Crippen LogP) is 0.754. The molecule has 1 aromatic carbocycles. The molecular formula is C9H10AlCrNO. The van der Waals surface area contributed by atoms with E-state index in [1.807, 2.05) is 18.2 Å². The fourth-order valence-corrected chi connectivity index (χ4v) is 1.09. The monoisotopic (exact) mass is 227 g/mol. The largest absolute Gasteiger partial charge is 0.506 e. The summed E-state index contributed by atoms with van der Waals surface area (Å²) in [6.07, 6.45) is 1.67. The van der Waals surface area contributed by atoms with Crippen molar-refractivity contribution in [2.45, 2.75) is 0 Å². The van der Waals surface area contributed by atoms with Crippen LogP contribution in [-0.2, 0) is 17.4 Å². The number of pyridine rings is 1. The normalized spacial score (nSPS) is 8.62. The van der Waals surface area contributed by atoms with Gasteiger partial charge in [-0.2, -0.15) is 0 Å². The van der Waals surface area contributed by atoms with Gasteiger partial charge in [0.2, 0.25) is 0 Å². The molecule has 1 heterocycles. The Kier molecular flexibility index (Phi) is 5.07. The van der Waals surface area contributed by atoms with E-state index < -0.39 is 0 Å². The van der Waals surface area contributed by atoms with Gasteiger partial charge in [-0.3, -0.25) is 4.98 Å². The molecular weight excluding hydrogens is 217 g/mol. The van der Waals surface area contributed by atoms with Crippen LogP contribution in [-0.4, -0.2) is 27.5 Å². The maximum Gasteiger partial charge on any atom is 0.187 e. The number of fused-ring (bicyclic) bond motifs is 1. The Morgan fingerprint density at radius 1 is 1.08 bits per heavy atom. The molecule has 0 unspecified atom stereocenters. The minimum absolute atomic E-state index is 0. The predicted molar refractivity (Wildman–Crippen MR) is 53.3 cm³/mol. The van der Waals surface area contributed by atoms with E-state index in [4.69, 9.17) is 0 Å². The van der Waals surface area contributed by atoms with Crippen LogP contribution in [0.4, 0.5) is 0 Å². The molecule has 1 N–H and O–H groups in total. The van der Waals surface area contributed by atoms with Crippen molar-refractivity contribution in [3.63, 3.8) is 0 Å². The van der Waals surface area contributed by atoms with Crippen molar-refractivity contribution < 1.29 is 22.5 Å². The van der Waals surface area contributed by atoms with Gasteiger partial charge in [-0.25, -0.2) is 0 Å². The molecule has 66 valence electrons. The van der Waals surface area contributed by atoms with Gasteiger partial charge in [0.05, 0.1) is 0 Å². The molecule has 2 nitrogen and oxygen atoms in total. The summed E-state index contributed by atoms with van der Waals surface area (Å²) < 4.78 is 0. The van der Waals surface area contributed by atoms with Crippen LogP contribution in [0.25, 0.3) is 10.9 Å². The van der Waals surface area contributed by atoms with E-state index in [0.29, 0.717) is 5.52 Å².